The van der Waals surface area contributed by atoms with Crippen LogP contribution in [0.5, 0.6) is 0 Å². The number of nitrogens with zero attached hydrogens (tertiary/aromatic N) is 1. The number of benzene rings is 1. The van der Waals surface area contributed by atoms with Crippen molar-refractivity contribution in [2.75, 3.05) is 11.1 Å². The molecule has 1 saturated carbocycles. The monoisotopic (exact) mass is 388 g/mol. The number of carbonyl (C=O) groups is 2. The highest BCUT2D eigenvalue weighted by Gasteiger charge is 2.48. The minimum absolute atomic E-state index is 0.0119. The van der Waals surface area contributed by atoms with Gasteiger partial charge in [0.15, 0.2) is 11.0 Å². The Balaban J connectivity index is 1.83. The van der Waals surface area contributed by atoms with E-state index in [1.807, 2.05) is 0 Å². The van der Waals surface area contributed by atoms with E-state index in [1.165, 1.54) is 36.0 Å². The fourth-order valence-corrected chi connectivity index (χ4v) is 4.76. The van der Waals surface area contributed by atoms with Crippen LogP contribution in [-0.4, -0.2) is 28.8 Å². The standard InChI is InChI=1S/C19H21FN4O2S/c20-16-7-6-13(23-17(26)5-1-4-14(25)10-21)9-15(16)19-8-2-3-12(19)11-27-18(22)24-19/h1,5-7,9-10,12,21H,2-4,8,11H2,(H2,22,24)(H,23,26)/b5-1+,21-10?/t12-,19-/m0/s1. The lowest BCUT2D eigenvalue weighted by Gasteiger charge is -2.36. The van der Waals surface area contributed by atoms with Crippen LogP contribution in [0.1, 0.15) is 31.2 Å². The summed E-state index contributed by atoms with van der Waals surface area (Å²) in [4.78, 5) is 27.7. The van der Waals surface area contributed by atoms with Crippen molar-refractivity contribution in [2.45, 2.75) is 31.2 Å². The molecule has 2 atom stereocenters. The van der Waals surface area contributed by atoms with Gasteiger partial charge >= 0.3 is 0 Å². The summed E-state index contributed by atoms with van der Waals surface area (Å²) in [6.07, 6.45) is 5.99. The molecule has 3 rings (SSSR count). The molecule has 1 amide bonds. The molecule has 0 bridgehead atoms. The van der Waals surface area contributed by atoms with Crippen molar-refractivity contribution in [3.63, 3.8) is 0 Å². The molecule has 0 unspecified atom stereocenters. The summed E-state index contributed by atoms with van der Waals surface area (Å²) in [6, 6.07) is 4.47. The molecule has 27 heavy (non-hydrogen) atoms. The molecular weight excluding hydrogens is 367 g/mol. The number of Topliss-reactive ketones (excluding diaryl/α,β-unsaturated/α-hetero) is 1. The van der Waals surface area contributed by atoms with Crippen molar-refractivity contribution in [3.8, 4) is 0 Å². The van der Waals surface area contributed by atoms with Crippen LogP contribution < -0.4 is 11.1 Å². The van der Waals surface area contributed by atoms with Crippen LogP contribution in [0.3, 0.4) is 0 Å². The number of rotatable bonds is 6. The van der Waals surface area contributed by atoms with Gasteiger partial charge in [0.2, 0.25) is 5.91 Å². The maximum absolute atomic E-state index is 14.7. The fourth-order valence-electron chi connectivity index (χ4n) is 3.72. The Morgan fingerprint density at radius 2 is 2.30 bits per heavy atom. The molecule has 1 aromatic carbocycles. The van der Waals surface area contributed by atoms with Gasteiger partial charge in [0.05, 0.1) is 11.8 Å². The van der Waals surface area contributed by atoms with E-state index >= 15 is 0 Å². The number of aliphatic imine (C=N–C) groups is 1. The Labute approximate surface area is 161 Å². The van der Waals surface area contributed by atoms with Gasteiger partial charge in [-0.1, -0.05) is 24.3 Å². The summed E-state index contributed by atoms with van der Waals surface area (Å²) in [6.45, 7) is 0. The number of hydrogen-bond acceptors (Lipinski definition) is 6. The number of nitrogens with two attached hydrogens (primary N) is 1. The van der Waals surface area contributed by atoms with Gasteiger partial charge in [-0.3, -0.25) is 14.6 Å². The summed E-state index contributed by atoms with van der Waals surface area (Å²) in [5.41, 5.74) is 6.21. The van der Waals surface area contributed by atoms with Crippen molar-refractivity contribution in [2.24, 2.45) is 16.6 Å². The van der Waals surface area contributed by atoms with Crippen LogP contribution >= 0.6 is 11.8 Å². The lowest BCUT2D eigenvalue weighted by molar-refractivity contribution is -0.112. The molecule has 1 heterocycles. The molecule has 2 aliphatic rings. The van der Waals surface area contributed by atoms with Crippen molar-refractivity contribution in [1.82, 2.24) is 0 Å². The van der Waals surface area contributed by atoms with Crippen LogP contribution in [0.15, 0.2) is 35.3 Å². The lowest BCUT2D eigenvalue weighted by Crippen LogP contribution is -2.37. The van der Waals surface area contributed by atoms with E-state index in [0.717, 1.165) is 25.0 Å². The van der Waals surface area contributed by atoms with Gasteiger partial charge in [-0.25, -0.2) is 4.39 Å². The average molecular weight is 388 g/mol. The molecule has 0 radical (unpaired) electrons. The third kappa shape index (κ3) is 4.10. The Morgan fingerprint density at radius 3 is 3.07 bits per heavy atom. The molecule has 1 aliphatic carbocycles. The molecular formula is C19H21FN4O2S. The number of anilines is 1. The van der Waals surface area contributed by atoms with Gasteiger partial charge in [0, 0.05) is 23.4 Å². The topological polar surface area (TPSA) is 108 Å². The number of thioether (sulfide) groups is 1. The number of amidine groups is 1. The number of ketones is 1. The third-order valence-electron chi connectivity index (χ3n) is 4.98. The Morgan fingerprint density at radius 1 is 1.48 bits per heavy atom. The maximum atomic E-state index is 14.7. The van der Waals surface area contributed by atoms with Crippen molar-refractivity contribution >= 4 is 40.5 Å². The minimum Gasteiger partial charge on any atom is -0.379 e. The highest BCUT2D eigenvalue weighted by Crippen LogP contribution is 2.51. The third-order valence-corrected chi connectivity index (χ3v) is 5.93. The zero-order chi connectivity index (χ0) is 19.4. The van der Waals surface area contributed by atoms with Crippen molar-refractivity contribution in [1.29, 1.82) is 5.41 Å². The molecule has 0 aromatic heterocycles. The van der Waals surface area contributed by atoms with Crippen LogP contribution in [-0.2, 0) is 15.1 Å². The van der Waals surface area contributed by atoms with E-state index in [0.29, 0.717) is 22.6 Å². The summed E-state index contributed by atoms with van der Waals surface area (Å²) >= 11 is 1.50. The van der Waals surface area contributed by atoms with Gasteiger partial charge < -0.3 is 16.5 Å². The molecule has 0 spiro atoms. The normalized spacial score (nSPS) is 24.3. The number of fused-ring (bicyclic) bond motifs is 1. The SMILES string of the molecule is N=CC(=O)C/C=C/C(=O)Nc1ccc(F)c([C@]23CCC[C@H]2CSC(N)=N3)c1. The quantitative estimate of drug-likeness (QED) is 0.514. The molecule has 142 valence electrons. The first-order valence-electron chi connectivity index (χ1n) is 8.73. The number of allylic oxidation sites excluding steroid dienone is 1. The van der Waals surface area contributed by atoms with Crippen molar-refractivity contribution in [3.05, 3.63) is 41.7 Å². The summed E-state index contributed by atoms with van der Waals surface area (Å²) in [5, 5.41) is 9.98. The highest BCUT2D eigenvalue weighted by molar-refractivity contribution is 8.13. The molecule has 8 heteroatoms. The molecule has 0 saturated heterocycles. The Hall–Kier alpha value is -2.48. The highest BCUT2D eigenvalue weighted by atomic mass is 32.2. The van der Waals surface area contributed by atoms with Crippen LogP contribution in [0.25, 0.3) is 0 Å². The van der Waals surface area contributed by atoms with Crippen LogP contribution in [0.4, 0.5) is 10.1 Å². The minimum atomic E-state index is -0.660. The van der Waals surface area contributed by atoms with Crippen LogP contribution in [0, 0.1) is 17.1 Å². The van der Waals surface area contributed by atoms with Gasteiger partial charge in [0.25, 0.3) is 0 Å². The Kier molecular flexibility index (Phi) is 5.74. The Bertz CT molecular complexity index is 839. The smallest absolute Gasteiger partial charge is 0.248 e. The second-order valence-corrected chi connectivity index (χ2v) is 7.72. The van der Waals surface area contributed by atoms with Gasteiger partial charge in [-0.05, 0) is 43.0 Å². The predicted molar refractivity (Wildman–Crippen MR) is 106 cm³/mol. The van der Waals surface area contributed by atoms with E-state index < -0.39 is 11.4 Å². The fraction of sp³-hybridized carbons (Fsp3) is 0.368. The maximum Gasteiger partial charge on any atom is 0.248 e. The number of carbonyl (C=O) groups excluding carboxylic acids is 2. The van der Waals surface area contributed by atoms with Crippen LogP contribution in [0.2, 0.25) is 0 Å². The van der Waals surface area contributed by atoms with E-state index in [2.05, 4.69) is 10.3 Å². The number of nitrogens with one attached hydrogen (secondary N) is 2. The molecule has 6 nitrogen and oxygen atoms in total. The van der Waals surface area contributed by atoms with E-state index in [-0.39, 0.29) is 23.9 Å². The summed E-state index contributed by atoms with van der Waals surface area (Å²) < 4.78 is 14.7. The molecule has 1 fully saturated rings. The predicted octanol–water partition coefficient (Wildman–Crippen LogP) is 2.99. The average Bonchev–Trinajstić information content (AvgIpc) is 3.06. The van der Waals surface area contributed by atoms with Gasteiger partial charge in [-0.2, -0.15) is 0 Å². The first-order chi connectivity index (χ1) is 12.9. The second kappa shape index (κ2) is 8.04. The zero-order valence-electron chi connectivity index (χ0n) is 14.7. The summed E-state index contributed by atoms with van der Waals surface area (Å²) in [5.74, 6) is -0.124. The molecule has 4 N–H and O–H groups in total. The van der Waals surface area contributed by atoms with Crippen molar-refractivity contribution < 1.29 is 14.0 Å². The van der Waals surface area contributed by atoms with E-state index in [9.17, 15) is 14.0 Å². The summed E-state index contributed by atoms with van der Waals surface area (Å²) in [7, 11) is 0. The molecule has 1 aliphatic heterocycles. The van der Waals surface area contributed by atoms with Gasteiger partial charge in [-0.15, -0.1) is 0 Å². The molecule has 1 aromatic rings. The second-order valence-electron chi connectivity index (χ2n) is 6.68. The largest absolute Gasteiger partial charge is 0.379 e. The first kappa shape index (κ1) is 19.3. The zero-order valence-corrected chi connectivity index (χ0v) is 15.5. The first-order valence-corrected chi connectivity index (χ1v) is 9.72. The number of hydrogen-bond donors (Lipinski definition) is 3. The number of amides is 1. The lowest BCUT2D eigenvalue weighted by atomic mass is 9.81. The van der Waals surface area contributed by atoms with E-state index in [4.69, 9.17) is 11.1 Å². The van der Waals surface area contributed by atoms with Gasteiger partial charge in [0.1, 0.15) is 5.82 Å². The van der Waals surface area contributed by atoms with E-state index in [1.54, 1.807) is 6.07 Å². The number of halogens is 1.